The topological polar surface area (TPSA) is 111 Å². The summed E-state index contributed by atoms with van der Waals surface area (Å²) in [6, 6.07) is 6.49. The summed E-state index contributed by atoms with van der Waals surface area (Å²) in [7, 11) is 3.87. The third-order valence-corrected chi connectivity index (χ3v) is 4.64. The number of nitrogens with one attached hydrogen (secondary N) is 1. The molecule has 0 spiro atoms. The van der Waals surface area contributed by atoms with Gasteiger partial charge in [-0.05, 0) is 45.3 Å². The van der Waals surface area contributed by atoms with Gasteiger partial charge in [-0.15, -0.1) is 0 Å². The van der Waals surface area contributed by atoms with Gasteiger partial charge < -0.3 is 19.5 Å². The van der Waals surface area contributed by atoms with E-state index in [1.807, 2.05) is 19.0 Å². The number of aromatic nitrogens is 4. The van der Waals surface area contributed by atoms with Crippen molar-refractivity contribution in [1.29, 1.82) is 0 Å². The highest BCUT2D eigenvalue weighted by Crippen LogP contribution is 2.12. The van der Waals surface area contributed by atoms with Crippen LogP contribution in [-0.2, 0) is 22.6 Å². The fourth-order valence-corrected chi connectivity index (χ4v) is 2.96. The summed E-state index contributed by atoms with van der Waals surface area (Å²) in [6.07, 6.45) is 3.21. The molecule has 0 aliphatic heterocycles. The number of benzene rings is 1. The number of aryl methyl sites for hydroxylation is 1. The molecule has 0 saturated heterocycles. The van der Waals surface area contributed by atoms with E-state index in [0.29, 0.717) is 36.6 Å². The van der Waals surface area contributed by atoms with E-state index in [1.165, 1.54) is 17.2 Å². The zero-order chi connectivity index (χ0) is 22.4. The number of esters is 1. The van der Waals surface area contributed by atoms with E-state index >= 15 is 0 Å². The van der Waals surface area contributed by atoms with E-state index in [9.17, 15) is 14.4 Å². The fourth-order valence-electron chi connectivity index (χ4n) is 2.96. The Kier molecular flexibility index (Phi) is 7.14. The monoisotopic (exact) mass is 426 g/mol. The number of imidazole rings is 1. The predicted molar refractivity (Wildman–Crippen MR) is 116 cm³/mol. The third-order valence-electron chi connectivity index (χ3n) is 4.64. The summed E-state index contributed by atoms with van der Waals surface area (Å²) in [5.74, 6) is -0.606. The van der Waals surface area contributed by atoms with E-state index in [1.54, 1.807) is 35.8 Å². The van der Waals surface area contributed by atoms with Crippen LogP contribution in [0.2, 0.25) is 0 Å². The molecule has 3 aromatic rings. The smallest absolute Gasteiger partial charge is 0.338 e. The minimum Gasteiger partial charge on any atom is -0.462 e. The number of carbonyl (C=O) groups is 2. The van der Waals surface area contributed by atoms with E-state index in [0.717, 1.165) is 6.54 Å². The van der Waals surface area contributed by atoms with Crippen LogP contribution in [0.25, 0.3) is 11.2 Å². The summed E-state index contributed by atoms with van der Waals surface area (Å²) in [5.41, 5.74) is 1.55. The summed E-state index contributed by atoms with van der Waals surface area (Å²) >= 11 is 0. The lowest BCUT2D eigenvalue weighted by Crippen LogP contribution is -2.27. The number of likely N-dealkylation sites (N-methyl/N-ethyl adjacent to an activating group) is 1. The zero-order valence-electron chi connectivity index (χ0n) is 17.9. The number of anilines is 1. The van der Waals surface area contributed by atoms with Crippen LogP contribution in [0, 0.1) is 0 Å². The quantitative estimate of drug-likeness (QED) is 0.514. The lowest BCUT2D eigenvalue weighted by Gasteiger charge is -2.11. The standard InChI is InChI=1S/C21H26N6O4/c1-4-31-21(30)15-5-7-16(8-6-15)24-17(28)9-10-26-13-22-18-19(26)23-14-27(20(18)29)12-11-25(2)3/h5-8,13-14H,4,9-12H2,1-3H3,(H,24,28). The number of carbonyl (C=O) groups excluding carboxylic acids is 2. The van der Waals surface area contributed by atoms with Crippen molar-refractivity contribution in [2.45, 2.75) is 26.4 Å². The molecule has 164 valence electrons. The molecular formula is C21H26N6O4. The molecule has 10 heteroatoms. The Morgan fingerprint density at radius 2 is 1.77 bits per heavy atom. The maximum Gasteiger partial charge on any atom is 0.338 e. The summed E-state index contributed by atoms with van der Waals surface area (Å²) in [4.78, 5) is 47.1. The van der Waals surface area contributed by atoms with Crippen LogP contribution in [0.1, 0.15) is 23.7 Å². The van der Waals surface area contributed by atoms with Crippen molar-refractivity contribution in [3.8, 4) is 0 Å². The van der Waals surface area contributed by atoms with Crippen molar-refractivity contribution in [3.05, 3.63) is 52.8 Å². The average Bonchev–Trinajstić information content (AvgIpc) is 3.16. The highest BCUT2D eigenvalue weighted by Gasteiger charge is 2.12. The molecule has 0 aliphatic carbocycles. The molecule has 1 amide bonds. The Hall–Kier alpha value is -3.53. The lowest BCUT2D eigenvalue weighted by atomic mass is 10.2. The van der Waals surface area contributed by atoms with Gasteiger partial charge >= 0.3 is 5.97 Å². The lowest BCUT2D eigenvalue weighted by molar-refractivity contribution is -0.116. The Bertz CT molecular complexity index is 1120. The number of ether oxygens (including phenoxy) is 1. The van der Waals surface area contributed by atoms with Crippen molar-refractivity contribution in [2.75, 3.05) is 32.6 Å². The number of hydrogen-bond acceptors (Lipinski definition) is 7. The van der Waals surface area contributed by atoms with Crippen LogP contribution in [0.5, 0.6) is 0 Å². The van der Waals surface area contributed by atoms with Gasteiger partial charge in [0.05, 0.1) is 18.5 Å². The molecular weight excluding hydrogens is 400 g/mol. The maximum absolute atomic E-state index is 12.6. The van der Waals surface area contributed by atoms with Crippen molar-refractivity contribution in [3.63, 3.8) is 0 Å². The van der Waals surface area contributed by atoms with Crippen LogP contribution in [0.3, 0.4) is 0 Å². The Morgan fingerprint density at radius 1 is 1.06 bits per heavy atom. The molecule has 0 unspecified atom stereocenters. The minimum absolute atomic E-state index is 0.177. The average molecular weight is 426 g/mol. The van der Waals surface area contributed by atoms with Gasteiger partial charge in [0.1, 0.15) is 6.33 Å². The van der Waals surface area contributed by atoms with Crippen molar-refractivity contribution < 1.29 is 14.3 Å². The van der Waals surface area contributed by atoms with Crippen LogP contribution in [-0.4, -0.2) is 63.1 Å². The van der Waals surface area contributed by atoms with Gasteiger partial charge in [0.25, 0.3) is 5.56 Å². The van der Waals surface area contributed by atoms with Crippen molar-refractivity contribution in [1.82, 2.24) is 24.0 Å². The Balaban J connectivity index is 1.60. The number of nitrogens with zero attached hydrogens (tertiary/aromatic N) is 5. The van der Waals surface area contributed by atoms with E-state index in [4.69, 9.17) is 4.74 Å². The second-order valence-corrected chi connectivity index (χ2v) is 7.25. The summed E-state index contributed by atoms with van der Waals surface area (Å²) in [6.45, 7) is 3.62. The molecule has 3 rings (SSSR count). The van der Waals surface area contributed by atoms with Crippen LogP contribution in [0.4, 0.5) is 5.69 Å². The first-order chi connectivity index (χ1) is 14.9. The summed E-state index contributed by atoms with van der Waals surface area (Å²) in [5, 5.41) is 2.78. The summed E-state index contributed by atoms with van der Waals surface area (Å²) < 4.78 is 8.16. The molecule has 2 aromatic heterocycles. The molecule has 10 nitrogen and oxygen atoms in total. The van der Waals surface area contributed by atoms with E-state index < -0.39 is 5.97 Å². The SMILES string of the molecule is CCOC(=O)c1ccc(NC(=O)CCn2cnc3c(=O)n(CCN(C)C)cnc32)cc1. The van der Waals surface area contributed by atoms with Crippen LogP contribution >= 0.6 is 0 Å². The maximum atomic E-state index is 12.6. The number of rotatable bonds is 9. The molecule has 0 radical (unpaired) electrons. The van der Waals surface area contributed by atoms with Gasteiger partial charge in [0.2, 0.25) is 5.91 Å². The van der Waals surface area contributed by atoms with Crippen LogP contribution < -0.4 is 10.9 Å². The Morgan fingerprint density at radius 3 is 2.45 bits per heavy atom. The molecule has 2 heterocycles. The molecule has 0 saturated carbocycles. The first-order valence-corrected chi connectivity index (χ1v) is 10.0. The molecule has 0 bridgehead atoms. The zero-order valence-corrected chi connectivity index (χ0v) is 17.9. The number of amides is 1. The first kappa shape index (κ1) is 22.2. The Labute approximate surface area is 179 Å². The third kappa shape index (κ3) is 5.54. The number of fused-ring (bicyclic) bond motifs is 1. The highest BCUT2D eigenvalue weighted by molar-refractivity contribution is 5.93. The van der Waals surface area contributed by atoms with Gasteiger partial charge in [-0.1, -0.05) is 0 Å². The minimum atomic E-state index is -0.402. The first-order valence-electron chi connectivity index (χ1n) is 10.0. The largest absolute Gasteiger partial charge is 0.462 e. The second-order valence-electron chi connectivity index (χ2n) is 7.25. The van der Waals surface area contributed by atoms with Crippen molar-refractivity contribution >= 4 is 28.7 Å². The molecule has 0 atom stereocenters. The predicted octanol–water partition coefficient (Wildman–Crippen LogP) is 1.36. The van der Waals surface area contributed by atoms with Gasteiger partial charge in [-0.25, -0.2) is 14.8 Å². The van der Waals surface area contributed by atoms with Gasteiger partial charge in [0.15, 0.2) is 11.2 Å². The van der Waals surface area contributed by atoms with Gasteiger partial charge in [0, 0.05) is 31.7 Å². The fraction of sp³-hybridized carbons (Fsp3) is 0.381. The van der Waals surface area contributed by atoms with Crippen LogP contribution in [0.15, 0.2) is 41.7 Å². The van der Waals surface area contributed by atoms with Gasteiger partial charge in [-0.3, -0.25) is 14.2 Å². The number of hydrogen-bond donors (Lipinski definition) is 1. The second kappa shape index (κ2) is 9.98. The highest BCUT2D eigenvalue weighted by atomic mass is 16.5. The molecule has 31 heavy (non-hydrogen) atoms. The molecule has 1 N–H and O–H groups in total. The van der Waals surface area contributed by atoms with Gasteiger partial charge in [-0.2, -0.15) is 0 Å². The molecule has 0 fully saturated rings. The molecule has 0 aliphatic rings. The van der Waals surface area contributed by atoms with E-state index in [2.05, 4.69) is 15.3 Å². The molecule has 1 aromatic carbocycles. The normalized spacial score (nSPS) is 11.1. The van der Waals surface area contributed by atoms with E-state index in [-0.39, 0.29) is 23.4 Å². The van der Waals surface area contributed by atoms with Crippen molar-refractivity contribution in [2.24, 2.45) is 0 Å².